The third kappa shape index (κ3) is 1.49. The molecule has 0 bridgehead atoms. The van der Waals surface area contributed by atoms with Crippen molar-refractivity contribution in [2.24, 2.45) is 5.73 Å². The molecule has 1 aromatic carbocycles. The number of rotatable bonds is 2. The molecule has 2 heterocycles. The van der Waals surface area contributed by atoms with E-state index in [1.54, 1.807) is 0 Å². The quantitative estimate of drug-likeness (QED) is 0.500. The zero-order chi connectivity index (χ0) is 12.5. The first kappa shape index (κ1) is 10.3. The van der Waals surface area contributed by atoms with E-state index in [2.05, 4.69) is 20.3 Å². The highest BCUT2D eigenvalue weighted by molar-refractivity contribution is 5.96. The van der Waals surface area contributed by atoms with Crippen molar-refractivity contribution in [1.29, 1.82) is 5.41 Å². The highest BCUT2D eigenvalue weighted by Crippen LogP contribution is 2.15. The number of hydrogen-bond donors (Lipinski definition) is 2. The summed E-state index contributed by atoms with van der Waals surface area (Å²) in [5, 5.41) is 15.6. The molecule has 3 rings (SSSR count). The Bertz CT molecular complexity index is 731. The molecule has 0 unspecified atom stereocenters. The summed E-state index contributed by atoms with van der Waals surface area (Å²) in [6.45, 7) is 0. The molecule has 7 nitrogen and oxygen atoms in total. The van der Waals surface area contributed by atoms with Crippen LogP contribution in [-0.2, 0) is 0 Å². The molecular formula is C11H9N7. The highest BCUT2D eigenvalue weighted by Gasteiger charge is 2.13. The third-order valence-electron chi connectivity index (χ3n) is 2.49. The summed E-state index contributed by atoms with van der Waals surface area (Å²) in [5.74, 6) is 0.247. The maximum absolute atomic E-state index is 7.50. The van der Waals surface area contributed by atoms with Gasteiger partial charge in [-0.15, -0.1) is 5.10 Å². The Balaban J connectivity index is 2.30. The van der Waals surface area contributed by atoms with Crippen LogP contribution in [0.15, 0.2) is 36.7 Å². The highest BCUT2D eigenvalue weighted by atomic mass is 15.4. The molecule has 0 spiro atoms. The minimum atomic E-state index is -0.155. The van der Waals surface area contributed by atoms with E-state index in [4.69, 9.17) is 11.1 Å². The van der Waals surface area contributed by atoms with E-state index in [0.29, 0.717) is 5.82 Å². The molecule has 2 aromatic heterocycles. The smallest absolute Gasteiger partial charge is 0.185 e. The second-order valence-electron chi connectivity index (χ2n) is 3.63. The molecule has 0 amide bonds. The van der Waals surface area contributed by atoms with Gasteiger partial charge in [0.2, 0.25) is 0 Å². The van der Waals surface area contributed by atoms with E-state index in [0.717, 1.165) is 11.0 Å². The molecule has 0 aliphatic heterocycles. The van der Waals surface area contributed by atoms with Gasteiger partial charge in [0.15, 0.2) is 5.82 Å². The Hall–Kier alpha value is -2.83. The SMILES string of the molecule is N=C(N)c1nccnc1-n1nnc2ccccc21. The predicted molar refractivity (Wildman–Crippen MR) is 65.5 cm³/mol. The predicted octanol–water partition coefficient (Wildman–Crippen LogP) is 0.495. The Labute approximate surface area is 102 Å². The van der Waals surface area contributed by atoms with E-state index in [1.165, 1.54) is 17.1 Å². The van der Waals surface area contributed by atoms with Crippen LogP contribution in [0.25, 0.3) is 16.9 Å². The molecule has 3 N–H and O–H groups in total. The summed E-state index contributed by atoms with van der Waals surface area (Å²) in [6, 6.07) is 7.48. The number of para-hydroxylation sites is 1. The maximum atomic E-state index is 7.50. The van der Waals surface area contributed by atoms with Crippen molar-refractivity contribution in [2.75, 3.05) is 0 Å². The van der Waals surface area contributed by atoms with Crippen molar-refractivity contribution in [3.63, 3.8) is 0 Å². The summed E-state index contributed by atoms with van der Waals surface area (Å²) in [5.41, 5.74) is 7.31. The molecule has 0 atom stereocenters. The second kappa shape index (κ2) is 3.88. The number of nitrogens with one attached hydrogen (secondary N) is 1. The van der Waals surface area contributed by atoms with Gasteiger partial charge in [-0.2, -0.15) is 4.68 Å². The van der Waals surface area contributed by atoms with Crippen molar-refractivity contribution in [1.82, 2.24) is 25.0 Å². The largest absolute Gasteiger partial charge is 0.382 e. The first-order valence-corrected chi connectivity index (χ1v) is 5.23. The molecule has 88 valence electrons. The number of benzene rings is 1. The lowest BCUT2D eigenvalue weighted by Crippen LogP contribution is -2.18. The molecule has 0 saturated heterocycles. The van der Waals surface area contributed by atoms with E-state index < -0.39 is 0 Å². The minimum Gasteiger partial charge on any atom is -0.382 e. The van der Waals surface area contributed by atoms with Gasteiger partial charge in [-0.3, -0.25) is 5.41 Å². The third-order valence-corrected chi connectivity index (χ3v) is 2.49. The number of nitrogen functional groups attached to an aromatic ring is 1. The van der Waals surface area contributed by atoms with Crippen LogP contribution in [0.3, 0.4) is 0 Å². The van der Waals surface area contributed by atoms with Gasteiger partial charge < -0.3 is 5.73 Å². The first-order valence-electron chi connectivity index (χ1n) is 5.23. The van der Waals surface area contributed by atoms with E-state index in [-0.39, 0.29) is 11.5 Å². The summed E-state index contributed by atoms with van der Waals surface area (Å²) in [4.78, 5) is 8.21. The van der Waals surface area contributed by atoms with E-state index in [9.17, 15) is 0 Å². The Morgan fingerprint density at radius 1 is 1.17 bits per heavy atom. The zero-order valence-corrected chi connectivity index (χ0v) is 9.28. The summed E-state index contributed by atoms with van der Waals surface area (Å²) in [7, 11) is 0. The number of hydrogen-bond acceptors (Lipinski definition) is 5. The van der Waals surface area contributed by atoms with Crippen molar-refractivity contribution < 1.29 is 0 Å². The Kier molecular flexibility index (Phi) is 2.23. The lowest BCUT2D eigenvalue weighted by atomic mass is 10.3. The Morgan fingerprint density at radius 3 is 2.78 bits per heavy atom. The molecule has 0 saturated carbocycles. The average Bonchev–Trinajstić information content (AvgIpc) is 2.82. The maximum Gasteiger partial charge on any atom is 0.185 e. The fourth-order valence-corrected chi connectivity index (χ4v) is 1.70. The van der Waals surface area contributed by atoms with Crippen LogP contribution < -0.4 is 5.73 Å². The van der Waals surface area contributed by atoms with Crippen LogP contribution >= 0.6 is 0 Å². The lowest BCUT2D eigenvalue weighted by Gasteiger charge is -2.05. The molecule has 7 heteroatoms. The van der Waals surface area contributed by atoms with Crippen LogP contribution in [0.2, 0.25) is 0 Å². The van der Waals surface area contributed by atoms with Gasteiger partial charge in [0.1, 0.15) is 17.0 Å². The Morgan fingerprint density at radius 2 is 1.94 bits per heavy atom. The molecule has 0 fully saturated rings. The van der Waals surface area contributed by atoms with Gasteiger partial charge in [0, 0.05) is 12.4 Å². The second-order valence-corrected chi connectivity index (χ2v) is 3.63. The number of fused-ring (bicyclic) bond motifs is 1. The summed E-state index contributed by atoms with van der Waals surface area (Å²) >= 11 is 0. The van der Waals surface area contributed by atoms with Crippen molar-refractivity contribution in [3.8, 4) is 5.82 Å². The average molecular weight is 239 g/mol. The van der Waals surface area contributed by atoms with Crippen LogP contribution in [0.4, 0.5) is 0 Å². The normalized spacial score (nSPS) is 10.7. The van der Waals surface area contributed by atoms with Gasteiger partial charge in [0.05, 0.1) is 5.52 Å². The van der Waals surface area contributed by atoms with Gasteiger partial charge in [-0.05, 0) is 12.1 Å². The van der Waals surface area contributed by atoms with Crippen molar-refractivity contribution in [3.05, 3.63) is 42.4 Å². The molecule has 0 radical (unpaired) electrons. The van der Waals surface area contributed by atoms with Crippen LogP contribution in [0.5, 0.6) is 0 Å². The fourth-order valence-electron chi connectivity index (χ4n) is 1.70. The number of nitrogens with two attached hydrogens (primary N) is 1. The number of aromatic nitrogens is 5. The molecule has 0 aliphatic carbocycles. The van der Waals surface area contributed by atoms with Crippen molar-refractivity contribution >= 4 is 16.9 Å². The zero-order valence-electron chi connectivity index (χ0n) is 9.28. The van der Waals surface area contributed by atoms with Gasteiger partial charge in [-0.1, -0.05) is 17.3 Å². The van der Waals surface area contributed by atoms with Gasteiger partial charge in [-0.25, -0.2) is 9.97 Å². The standard InChI is InChI=1S/C11H9N7/c12-10(13)9-11(15-6-5-14-9)18-8-4-2-1-3-7(8)16-17-18/h1-6H,(H3,12,13). The molecule has 3 aromatic rings. The van der Waals surface area contributed by atoms with E-state index >= 15 is 0 Å². The lowest BCUT2D eigenvalue weighted by molar-refractivity contribution is 0.792. The number of amidine groups is 1. The van der Waals surface area contributed by atoms with Crippen LogP contribution in [-0.4, -0.2) is 30.8 Å². The molecule has 18 heavy (non-hydrogen) atoms. The summed E-state index contributed by atoms with van der Waals surface area (Å²) < 4.78 is 1.53. The van der Waals surface area contributed by atoms with Crippen molar-refractivity contribution in [2.45, 2.75) is 0 Å². The van der Waals surface area contributed by atoms with Gasteiger partial charge in [0.25, 0.3) is 0 Å². The monoisotopic (exact) mass is 239 g/mol. The van der Waals surface area contributed by atoms with Crippen LogP contribution in [0, 0.1) is 5.41 Å². The fraction of sp³-hybridized carbons (Fsp3) is 0. The van der Waals surface area contributed by atoms with Gasteiger partial charge >= 0.3 is 0 Å². The first-order chi connectivity index (χ1) is 8.77. The van der Waals surface area contributed by atoms with E-state index in [1.807, 2.05) is 24.3 Å². The number of nitrogens with zero attached hydrogens (tertiary/aromatic N) is 5. The van der Waals surface area contributed by atoms with Crippen LogP contribution in [0.1, 0.15) is 5.69 Å². The topological polar surface area (TPSA) is 106 Å². The molecular weight excluding hydrogens is 230 g/mol. The molecule has 0 aliphatic rings. The minimum absolute atomic E-state index is 0.155. The summed E-state index contributed by atoms with van der Waals surface area (Å²) in [6.07, 6.45) is 3.01.